The van der Waals surface area contributed by atoms with Gasteiger partial charge in [-0.25, -0.2) is 0 Å². The molecule has 0 unspecified atom stereocenters. The molecule has 2 N–H and O–H groups in total. The zero-order chi connectivity index (χ0) is 19.1. The zero-order valence-corrected chi connectivity index (χ0v) is 16.4. The molecule has 0 radical (unpaired) electrons. The van der Waals surface area contributed by atoms with Gasteiger partial charge >= 0.3 is 0 Å². The van der Waals surface area contributed by atoms with Crippen LogP contribution in [0.1, 0.15) is 18.1 Å². The summed E-state index contributed by atoms with van der Waals surface area (Å²) in [7, 11) is 0. The Morgan fingerprint density at radius 1 is 1.15 bits per heavy atom. The van der Waals surface area contributed by atoms with Crippen LogP contribution in [-0.2, 0) is 6.54 Å². The summed E-state index contributed by atoms with van der Waals surface area (Å²) in [5.74, 6) is 0.869. The minimum absolute atomic E-state index is 0.667. The normalized spacial score (nSPS) is 14.4. The van der Waals surface area contributed by atoms with Crippen molar-refractivity contribution in [3.63, 3.8) is 0 Å². The molecule has 1 aliphatic heterocycles. The van der Waals surface area contributed by atoms with Gasteiger partial charge in [0, 0.05) is 11.3 Å². The van der Waals surface area contributed by atoms with Gasteiger partial charge in [-0.1, -0.05) is 12.1 Å². The highest BCUT2D eigenvalue weighted by molar-refractivity contribution is 7.80. The van der Waals surface area contributed by atoms with E-state index in [0.29, 0.717) is 12.2 Å². The van der Waals surface area contributed by atoms with E-state index >= 15 is 0 Å². The quantitative estimate of drug-likeness (QED) is 0.777. The van der Waals surface area contributed by atoms with Crippen LogP contribution in [0.5, 0.6) is 5.75 Å². The fourth-order valence-electron chi connectivity index (χ4n) is 3.19. The number of anilines is 1. The fraction of sp³-hybridized carbons (Fsp3) is 0.333. The third-order valence-corrected chi connectivity index (χ3v) is 5.07. The van der Waals surface area contributed by atoms with Crippen molar-refractivity contribution in [1.29, 1.82) is 5.26 Å². The van der Waals surface area contributed by atoms with Crippen LogP contribution in [0, 0.1) is 11.3 Å². The summed E-state index contributed by atoms with van der Waals surface area (Å²) in [6.07, 6.45) is 0. The number of piperazine rings is 1. The first-order valence-corrected chi connectivity index (χ1v) is 9.70. The number of rotatable bonds is 5. The van der Waals surface area contributed by atoms with E-state index in [-0.39, 0.29) is 0 Å². The van der Waals surface area contributed by atoms with Crippen molar-refractivity contribution >= 4 is 23.0 Å². The molecule has 0 saturated carbocycles. The molecule has 0 bridgehead atoms. The maximum absolute atomic E-state index is 8.89. The second-order valence-corrected chi connectivity index (χ2v) is 7.00. The molecule has 0 amide bonds. The topological polar surface area (TPSA) is 52.7 Å². The maximum Gasteiger partial charge on any atom is 0.173 e. The first-order valence-electron chi connectivity index (χ1n) is 9.29. The van der Waals surface area contributed by atoms with E-state index in [2.05, 4.69) is 28.4 Å². The highest BCUT2D eigenvalue weighted by atomic mass is 32.1. The predicted molar refractivity (Wildman–Crippen MR) is 111 cm³/mol. The molecule has 1 heterocycles. The third kappa shape index (κ3) is 5.43. The van der Waals surface area contributed by atoms with Crippen LogP contribution >= 0.6 is 12.2 Å². The van der Waals surface area contributed by atoms with Gasteiger partial charge in [-0.15, -0.1) is 0 Å². The van der Waals surface area contributed by atoms with E-state index in [9.17, 15) is 0 Å². The Labute approximate surface area is 166 Å². The van der Waals surface area contributed by atoms with Crippen LogP contribution < -0.4 is 15.0 Å². The molecule has 0 aliphatic carbocycles. The molecule has 1 aliphatic rings. The van der Waals surface area contributed by atoms with Gasteiger partial charge in [0.2, 0.25) is 0 Å². The van der Waals surface area contributed by atoms with Crippen molar-refractivity contribution in [2.45, 2.75) is 13.5 Å². The van der Waals surface area contributed by atoms with Crippen LogP contribution in [0.4, 0.5) is 5.69 Å². The van der Waals surface area contributed by atoms with Gasteiger partial charge in [-0.3, -0.25) is 0 Å². The third-order valence-electron chi connectivity index (χ3n) is 4.71. The average molecular weight is 382 g/mol. The largest absolute Gasteiger partial charge is 0.494 e. The molecule has 2 aromatic carbocycles. The number of ether oxygens (including phenoxy) is 1. The van der Waals surface area contributed by atoms with E-state index < -0.39 is 0 Å². The Hall–Kier alpha value is -2.62. The van der Waals surface area contributed by atoms with E-state index in [1.165, 1.54) is 5.56 Å². The molecule has 2 aromatic rings. The Bertz CT molecular complexity index is 790. The standard InChI is InChI=1S/C21H24N4OS/c1-2-26-20-9-7-19(8-10-20)23-21(27)25-13-11-24(12-14-25)16-18-5-3-17(15-22)4-6-18/h3-10H,2,11-14,16H2,1H3,(H,23,27)/p+1. The second kappa shape index (κ2) is 9.36. The zero-order valence-electron chi connectivity index (χ0n) is 15.6. The number of quaternary nitrogens is 1. The Morgan fingerprint density at radius 3 is 2.41 bits per heavy atom. The second-order valence-electron chi connectivity index (χ2n) is 6.61. The predicted octanol–water partition coefficient (Wildman–Crippen LogP) is 2.05. The van der Waals surface area contributed by atoms with Crippen LogP contribution in [0.3, 0.4) is 0 Å². The molecule has 0 spiro atoms. The SMILES string of the molecule is CCOc1ccc(NC(=S)N2CC[NH+](Cc3ccc(C#N)cc3)CC2)cc1. The Morgan fingerprint density at radius 2 is 1.81 bits per heavy atom. The lowest BCUT2D eigenvalue weighted by Gasteiger charge is -2.34. The molecule has 27 heavy (non-hydrogen) atoms. The van der Waals surface area contributed by atoms with E-state index in [0.717, 1.165) is 49.3 Å². The first-order chi connectivity index (χ1) is 13.2. The molecule has 140 valence electrons. The van der Waals surface area contributed by atoms with Crippen molar-refractivity contribution < 1.29 is 9.64 Å². The van der Waals surface area contributed by atoms with Crippen molar-refractivity contribution in [3.8, 4) is 11.8 Å². The summed E-state index contributed by atoms with van der Waals surface area (Å²) in [6.45, 7) is 7.60. The monoisotopic (exact) mass is 381 g/mol. The molecular formula is C21H25N4OS+. The highest BCUT2D eigenvalue weighted by Gasteiger charge is 2.21. The molecule has 6 heteroatoms. The molecule has 1 fully saturated rings. The van der Waals surface area contributed by atoms with Crippen molar-refractivity contribution in [2.24, 2.45) is 0 Å². The molecule has 0 atom stereocenters. The molecular weight excluding hydrogens is 356 g/mol. The Kier molecular flexibility index (Phi) is 6.64. The number of nitrogens with one attached hydrogen (secondary N) is 2. The number of nitrogens with zero attached hydrogens (tertiary/aromatic N) is 2. The maximum atomic E-state index is 8.89. The lowest BCUT2D eigenvalue weighted by Crippen LogP contribution is -3.13. The first kappa shape index (κ1) is 19.2. The molecule has 0 aromatic heterocycles. The summed E-state index contributed by atoms with van der Waals surface area (Å²) < 4.78 is 5.47. The van der Waals surface area contributed by atoms with Crippen LogP contribution in [0.25, 0.3) is 0 Å². The van der Waals surface area contributed by atoms with E-state index in [1.807, 2.05) is 43.3 Å². The number of benzene rings is 2. The summed E-state index contributed by atoms with van der Waals surface area (Å²) >= 11 is 5.58. The minimum Gasteiger partial charge on any atom is -0.494 e. The van der Waals surface area contributed by atoms with Crippen molar-refractivity contribution in [2.75, 3.05) is 38.1 Å². The number of nitriles is 1. The van der Waals surface area contributed by atoms with Gasteiger partial charge < -0.3 is 19.9 Å². The highest BCUT2D eigenvalue weighted by Crippen LogP contribution is 2.16. The van der Waals surface area contributed by atoms with E-state index in [1.54, 1.807) is 4.90 Å². The van der Waals surface area contributed by atoms with Gasteiger partial charge in [-0.2, -0.15) is 5.26 Å². The fourth-order valence-corrected chi connectivity index (χ4v) is 3.49. The molecule has 5 nitrogen and oxygen atoms in total. The summed E-state index contributed by atoms with van der Waals surface area (Å²) in [4.78, 5) is 3.77. The lowest BCUT2D eigenvalue weighted by atomic mass is 10.1. The number of hydrogen-bond donors (Lipinski definition) is 2. The van der Waals surface area contributed by atoms with Crippen LogP contribution in [0.15, 0.2) is 48.5 Å². The smallest absolute Gasteiger partial charge is 0.173 e. The average Bonchev–Trinajstić information content (AvgIpc) is 2.71. The van der Waals surface area contributed by atoms with Gasteiger partial charge in [0.05, 0.1) is 44.4 Å². The number of thiocarbonyl (C=S) groups is 1. The van der Waals surface area contributed by atoms with Gasteiger partial charge in [0.1, 0.15) is 12.3 Å². The summed E-state index contributed by atoms with van der Waals surface area (Å²) in [5.41, 5.74) is 2.97. The van der Waals surface area contributed by atoms with Gasteiger partial charge in [0.25, 0.3) is 0 Å². The summed E-state index contributed by atoms with van der Waals surface area (Å²) in [6, 6.07) is 17.9. The van der Waals surface area contributed by atoms with Gasteiger partial charge in [0.15, 0.2) is 5.11 Å². The number of hydrogen-bond acceptors (Lipinski definition) is 3. The Balaban J connectivity index is 1.46. The van der Waals surface area contributed by atoms with E-state index in [4.69, 9.17) is 22.2 Å². The lowest BCUT2D eigenvalue weighted by molar-refractivity contribution is -0.917. The molecule has 3 rings (SSSR count). The minimum atomic E-state index is 0.667. The van der Waals surface area contributed by atoms with Crippen molar-refractivity contribution in [3.05, 3.63) is 59.7 Å². The van der Waals surface area contributed by atoms with Crippen LogP contribution in [-0.4, -0.2) is 42.8 Å². The van der Waals surface area contributed by atoms with Gasteiger partial charge in [-0.05, 0) is 55.5 Å². The molecule has 1 saturated heterocycles. The van der Waals surface area contributed by atoms with Crippen molar-refractivity contribution in [1.82, 2.24) is 4.90 Å². The summed E-state index contributed by atoms with van der Waals surface area (Å²) in [5, 5.41) is 13.0. The van der Waals surface area contributed by atoms with Crippen LogP contribution in [0.2, 0.25) is 0 Å².